The van der Waals surface area contributed by atoms with E-state index in [2.05, 4.69) is 33.0 Å². The Hall–Kier alpha value is -0.810. The van der Waals surface area contributed by atoms with Gasteiger partial charge in [-0.15, -0.1) is 0 Å². The van der Waals surface area contributed by atoms with Crippen molar-refractivity contribution in [1.29, 1.82) is 0 Å². The molecule has 5 aliphatic rings. The van der Waals surface area contributed by atoms with Gasteiger partial charge in [-0.3, -0.25) is 0 Å². The highest BCUT2D eigenvalue weighted by molar-refractivity contribution is 5.67. The van der Waals surface area contributed by atoms with Crippen LogP contribution in [0.25, 0.3) is 0 Å². The van der Waals surface area contributed by atoms with Crippen LogP contribution in [0, 0.1) is 52.3 Å². The number of carbonyl (C=O) groups excluding carboxylic acids is 1. The van der Waals surface area contributed by atoms with Crippen molar-refractivity contribution in [2.75, 3.05) is 6.61 Å². The van der Waals surface area contributed by atoms with Crippen molar-refractivity contribution in [2.24, 2.45) is 52.3 Å². The molecule has 5 aliphatic carbocycles. The molecule has 3 N–H and O–H groups in total. The Morgan fingerprint density at radius 3 is 2.41 bits per heavy atom. The molecule has 5 rings (SSSR count). The van der Waals surface area contributed by atoms with Gasteiger partial charge in [0, 0.05) is 6.04 Å². The van der Waals surface area contributed by atoms with Gasteiger partial charge in [0.25, 0.3) is 0 Å². The molecular weight excluding hydrogens is 426 g/mol. The van der Waals surface area contributed by atoms with E-state index in [9.17, 15) is 15.0 Å². The van der Waals surface area contributed by atoms with E-state index in [1.165, 1.54) is 25.7 Å². The molecule has 0 spiro atoms. The second-order valence-electron chi connectivity index (χ2n) is 13.4. The van der Waals surface area contributed by atoms with Crippen LogP contribution in [0.2, 0.25) is 0 Å². The molecule has 5 fully saturated rings. The van der Waals surface area contributed by atoms with E-state index in [1.807, 2.05) is 0 Å². The van der Waals surface area contributed by atoms with Crippen molar-refractivity contribution in [3.05, 3.63) is 0 Å². The molecule has 0 aromatic rings. The Labute approximate surface area is 206 Å². The van der Waals surface area contributed by atoms with Gasteiger partial charge >= 0.3 is 6.09 Å². The molecule has 0 aromatic carbocycles. The number of amides is 1. The molecule has 5 heteroatoms. The van der Waals surface area contributed by atoms with Gasteiger partial charge in [0.15, 0.2) is 0 Å². The summed E-state index contributed by atoms with van der Waals surface area (Å²) in [6, 6.07) is 0.345. The SMILES string of the molecule is CC[C@H]1[C@@H](O)[C@@H]2[C@H](CC[C@]3(C)[C@@H]([C@H](C)CCOC(=O)NC4CC4)CC[C@@H]23)C2(C)CC[C@@H](O)C[C@@H]12. The fourth-order valence-corrected chi connectivity index (χ4v) is 9.91. The zero-order chi connectivity index (χ0) is 24.3. The van der Waals surface area contributed by atoms with Crippen LogP contribution < -0.4 is 5.32 Å². The molecule has 0 heterocycles. The Morgan fingerprint density at radius 2 is 1.71 bits per heavy atom. The second kappa shape index (κ2) is 9.25. The van der Waals surface area contributed by atoms with E-state index in [-0.39, 0.29) is 29.1 Å². The number of ether oxygens (including phenoxy) is 1. The molecule has 0 radical (unpaired) electrons. The van der Waals surface area contributed by atoms with Crippen LogP contribution in [-0.2, 0) is 4.74 Å². The van der Waals surface area contributed by atoms with Gasteiger partial charge in [0.2, 0.25) is 0 Å². The molecule has 34 heavy (non-hydrogen) atoms. The van der Waals surface area contributed by atoms with Gasteiger partial charge in [-0.2, -0.15) is 0 Å². The van der Waals surface area contributed by atoms with Crippen molar-refractivity contribution in [2.45, 2.75) is 117 Å². The number of aliphatic hydroxyl groups is 2. The molecule has 0 bridgehead atoms. The number of hydrogen-bond acceptors (Lipinski definition) is 4. The number of rotatable bonds is 6. The predicted octanol–water partition coefficient (Wildman–Crippen LogP) is 5.53. The number of carbonyl (C=O) groups is 1. The average Bonchev–Trinajstić information content (AvgIpc) is 3.53. The number of aliphatic hydroxyl groups excluding tert-OH is 2. The summed E-state index contributed by atoms with van der Waals surface area (Å²) in [5, 5.41) is 25.2. The van der Waals surface area contributed by atoms with Gasteiger partial charge in [-0.25, -0.2) is 4.79 Å². The van der Waals surface area contributed by atoms with Crippen molar-refractivity contribution in [3.63, 3.8) is 0 Å². The lowest BCUT2D eigenvalue weighted by Crippen LogP contribution is -2.62. The van der Waals surface area contributed by atoms with E-state index in [4.69, 9.17) is 4.74 Å². The third-order valence-corrected chi connectivity index (χ3v) is 11.9. The summed E-state index contributed by atoms with van der Waals surface area (Å²) in [5.41, 5.74) is 0.533. The molecule has 5 nitrogen and oxygen atoms in total. The number of fused-ring (bicyclic) bond motifs is 5. The minimum Gasteiger partial charge on any atom is -0.450 e. The van der Waals surface area contributed by atoms with Crippen LogP contribution in [0.3, 0.4) is 0 Å². The van der Waals surface area contributed by atoms with E-state index in [0.717, 1.165) is 44.9 Å². The lowest BCUT2D eigenvalue weighted by Gasteiger charge is -2.64. The Bertz CT molecular complexity index is 754. The summed E-state index contributed by atoms with van der Waals surface area (Å²) in [6.07, 6.45) is 11.3. The highest BCUT2D eigenvalue weighted by atomic mass is 16.5. The van der Waals surface area contributed by atoms with Crippen molar-refractivity contribution >= 4 is 6.09 Å². The summed E-state index contributed by atoms with van der Waals surface area (Å²) in [5.74, 6) is 3.51. The topological polar surface area (TPSA) is 78.8 Å². The molecule has 194 valence electrons. The highest BCUT2D eigenvalue weighted by Crippen LogP contribution is 2.69. The zero-order valence-electron chi connectivity index (χ0n) is 22.0. The van der Waals surface area contributed by atoms with Crippen LogP contribution in [0.5, 0.6) is 0 Å². The lowest BCUT2D eigenvalue weighted by molar-refractivity contribution is -0.203. The highest BCUT2D eigenvalue weighted by Gasteiger charge is 2.64. The number of nitrogens with one attached hydrogen (secondary N) is 1. The molecule has 1 unspecified atom stereocenters. The maximum atomic E-state index is 11.9. The van der Waals surface area contributed by atoms with Gasteiger partial charge < -0.3 is 20.3 Å². The van der Waals surface area contributed by atoms with Crippen molar-refractivity contribution < 1.29 is 19.7 Å². The van der Waals surface area contributed by atoms with E-state index in [1.54, 1.807) is 0 Å². The molecular formula is C29H49NO4. The van der Waals surface area contributed by atoms with Crippen LogP contribution in [0.15, 0.2) is 0 Å². The van der Waals surface area contributed by atoms with Crippen LogP contribution >= 0.6 is 0 Å². The standard InChI is InChI=1S/C29H49NO4/c1-5-20-24-16-19(31)10-13-29(24,4)23-11-14-28(3)21(8-9-22(28)25(23)26(20)32)17(2)12-15-34-27(33)30-18-6-7-18/h17-26,31-32H,5-16H2,1-4H3,(H,30,33)/t17-,19-,20-,21-,22+,23+,24+,25+,26-,28-,29?/m1/s1. The maximum absolute atomic E-state index is 11.9. The van der Waals surface area contributed by atoms with Gasteiger partial charge in [-0.1, -0.05) is 34.1 Å². The minimum absolute atomic E-state index is 0.185. The summed E-state index contributed by atoms with van der Waals surface area (Å²) < 4.78 is 5.49. The third kappa shape index (κ3) is 4.11. The summed E-state index contributed by atoms with van der Waals surface area (Å²) in [6.45, 7) is 10.1. The number of hydrogen-bond donors (Lipinski definition) is 3. The first-order valence-corrected chi connectivity index (χ1v) is 14.5. The minimum atomic E-state index is -0.248. The van der Waals surface area contributed by atoms with Gasteiger partial charge in [0.1, 0.15) is 0 Å². The third-order valence-electron chi connectivity index (χ3n) is 11.9. The quantitative estimate of drug-likeness (QED) is 0.472. The predicted molar refractivity (Wildman–Crippen MR) is 133 cm³/mol. The van der Waals surface area contributed by atoms with Gasteiger partial charge in [0.05, 0.1) is 18.8 Å². The molecule has 0 aliphatic heterocycles. The summed E-state index contributed by atoms with van der Waals surface area (Å²) in [7, 11) is 0. The fourth-order valence-electron chi connectivity index (χ4n) is 9.91. The first-order chi connectivity index (χ1) is 16.2. The largest absolute Gasteiger partial charge is 0.450 e. The molecule has 0 saturated heterocycles. The Kier molecular flexibility index (Phi) is 6.76. The smallest absolute Gasteiger partial charge is 0.407 e. The van der Waals surface area contributed by atoms with Crippen molar-refractivity contribution in [1.82, 2.24) is 5.32 Å². The van der Waals surface area contributed by atoms with Crippen LogP contribution in [-0.4, -0.2) is 41.2 Å². The van der Waals surface area contributed by atoms with E-state index >= 15 is 0 Å². The van der Waals surface area contributed by atoms with Gasteiger partial charge in [-0.05, 0) is 116 Å². The first kappa shape index (κ1) is 24.9. The molecule has 5 saturated carbocycles. The Morgan fingerprint density at radius 1 is 1.00 bits per heavy atom. The second-order valence-corrected chi connectivity index (χ2v) is 13.4. The zero-order valence-corrected chi connectivity index (χ0v) is 22.0. The van der Waals surface area contributed by atoms with E-state index in [0.29, 0.717) is 54.1 Å². The summed E-state index contributed by atoms with van der Waals surface area (Å²) in [4.78, 5) is 11.9. The van der Waals surface area contributed by atoms with Crippen LogP contribution in [0.1, 0.15) is 98.3 Å². The number of alkyl carbamates (subject to hydrolysis) is 1. The fraction of sp³-hybridized carbons (Fsp3) is 0.966. The Balaban J connectivity index is 1.29. The monoisotopic (exact) mass is 475 g/mol. The normalized spacial score (nSPS) is 48.9. The molecule has 11 atom stereocenters. The molecule has 0 aromatic heterocycles. The molecule has 1 amide bonds. The first-order valence-electron chi connectivity index (χ1n) is 14.5. The summed E-state index contributed by atoms with van der Waals surface area (Å²) >= 11 is 0. The lowest BCUT2D eigenvalue weighted by atomic mass is 9.41. The average molecular weight is 476 g/mol. The maximum Gasteiger partial charge on any atom is 0.407 e. The van der Waals surface area contributed by atoms with Crippen LogP contribution in [0.4, 0.5) is 4.79 Å². The van der Waals surface area contributed by atoms with E-state index < -0.39 is 0 Å². The van der Waals surface area contributed by atoms with Crippen molar-refractivity contribution in [3.8, 4) is 0 Å².